The lowest BCUT2D eigenvalue weighted by atomic mass is 9.95. The zero-order valence-corrected chi connectivity index (χ0v) is 10.7. The van der Waals surface area contributed by atoms with Crippen LogP contribution in [0.2, 0.25) is 0 Å². The third-order valence-corrected chi connectivity index (χ3v) is 2.97. The second kappa shape index (κ2) is 5.93. The van der Waals surface area contributed by atoms with Crippen LogP contribution >= 0.6 is 0 Å². The van der Waals surface area contributed by atoms with Crippen molar-refractivity contribution >= 4 is 0 Å². The lowest BCUT2D eigenvalue weighted by Crippen LogP contribution is -2.26. The van der Waals surface area contributed by atoms with Crippen molar-refractivity contribution in [1.82, 2.24) is 0 Å². The van der Waals surface area contributed by atoms with Crippen molar-refractivity contribution in [3.8, 4) is 17.2 Å². The Kier molecular flexibility index (Phi) is 4.81. The van der Waals surface area contributed by atoms with Crippen LogP contribution in [-0.2, 0) is 0 Å². The van der Waals surface area contributed by atoms with Crippen LogP contribution in [0.5, 0.6) is 17.2 Å². The van der Waals surface area contributed by atoms with E-state index in [1.165, 1.54) is 12.1 Å². The molecule has 0 aliphatic heterocycles. The smallest absolute Gasteiger partial charge is 0.200 e. The lowest BCUT2D eigenvalue weighted by Gasteiger charge is -2.21. The van der Waals surface area contributed by atoms with Gasteiger partial charge < -0.3 is 26.2 Å². The van der Waals surface area contributed by atoms with E-state index in [2.05, 4.69) is 0 Å². The second-order valence-corrected chi connectivity index (χ2v) is 4.94. The topological polar surface area (TPSA) is 107 Å². The average molecular weight is 255 g/mol. The Morgan fingerprint density at radius 3 is 2.22 bits per heavy atom. The van der Waals surface area contributed by atoms with Gasteiger partial charge in [0.15, 0.2) is 11.5 Å². The van der Waals surface area contributed by atoms with E-state index in [-0.39, 0.29) is 5.56 Å². The Bertz CT molecular complexity index is 406. The summed E-state index contributed by atoms with van der Waals surface area (Å²) < 4.78 is 0. The highest BCUT2D eigenvalue weighted by atomic mass is 16.3. The van der Waals surface area contributed by atoms with Crippen molar-refractivity contribution in [3.63, 3.8) is 0 Å². The maximum atomic E-state index is 9.92. The van der Waals surface area contributed by atoms with Gasteiger partial charge in [0.2, 0.25) is 5.75 Å². The maximum absolute atomic E-state index is 9.92. The van der Waals surface area contributed by atoms with Gasteiger partial charge in [-0.15, -0.1) is 0 Å². The summed E-state index contributed by atoms with van der Waals surface area (Å²) in [7, 11) is 0. The third kappa shape index (κ3) is 3.27. The van der Waals surface area contributed by atoms with Crippen LogP contribution in [0.25, 0.3) is 0 Å². The number of hydrogen-bond acceptors (Lipinski definition) is 5. The minimum Gasteiger partial charge on any atom is -0.504 e. The van der Waals surface area contributed by atoms with Gasteiger partial charge >= 0.3 is 0 Å². The van der Waals surface area contributed by atoms with Gasteiger partial charge in [0.25, 0.3) is 0 Å². The van der Waals surface area contributed by atoms with Crippen LogP contribution in [0.1, 0.15) is 38.3 Å². The minimum absolute atomic E-state index is 0.224. The summed E-state index contributed by atoms with van der Waals surface area (Å²) in [5.41, 5.74) is 6.07. The van der Waals surface area contributed by atoms with Crippen molar-refractivity contribution in [2.24, 2.45) is 11.7 Å². The maximum Gasteiger partial charge on any atom is 0.200 e. The fraction of sp³-hybridized carbons (Fsp3) is 0.538. The molecule has 2 atom stereocenters. The van der Waals surface area contributed by atoms with E-state index < -0.39 is 29.4 Å². The SMILES string of the molecule is CC(C)CC[C@@H](O)[C@@H](N)c1ccc(O)c(O)c1O. The van der Waals surface area contributed by atoms with Gasteiger partial charge in [-0.25, -0.2) is 0 Å². The first-order valence-electron chi connectivity index (χ1n) is 6.02. The van der Waals surface area contributed by atoms with Crippen LogP contribution < -0.4 is 5.73 Å². The molecule has 0 spiro atoms. The summed E-state index contributed by atoms with van der Waals surface area (Å²) in [5, 5.41) is 38.2. The first kappa shape index (κ1) is 14.6. The molecule has 18 heavy (non-hydrogen) atoms. The first-order valence-corrected chi connectivity index (χ1v) is 6.02. The fourth-order valence-electron chi connectivity index (χ4n) is 1.74. The van der Waals surface area contributed by atoms with E-state index in [0.717, 1.165) is 6.42 Å². The molecule has 102 valence electrons. The normalized spacial score (nSPS) is 14.7. The monoisotopic (exact) mass is 255 g/mol. The Balaban J connectivity index is 2.83. The number of hydrogen-bond donors (Lipinski definition) is 5. The lowest BCUT2D eigenvalue weighted by molar-refractivity contribution is 0.127. The molecular weight excluding hydrogens is 234 g/mol. The Hall–Kier alpha value is -1.46. The molecule has 0 saturated carbocycles. The number of phenols is 3. The molecule has 0 radical (unpaired) electrons. The minimum atomic E-state index is -0.803. The summed E-state index contributed by atoms with van der Waals surface area (Å²) in [5.74, 6) is -1.06. The van der Waals surface area contributed by atoms with Crippen molar-refractivity contribution in [2.45, 2.75) is 38.8 Å². The number of nitrogens with two attached hydrogens (primary N) is 1. The highest BCUT2D eigenvalue weighted by molar-refractivity contribution is 5.54. The highest BCUT2D eigenvalue weighted by Crippen LogP contribution is 2.40. The van der Waals surface area contributed by atoms with Crippen LogP contribution in [0.4, 0.5) is 0 Å². The zero-order chi connectivity index (χ0) is 13.9. The van der Waals surface area contributed by atoms with E-state index in [0.29, 0.717) is 12.3 Å². The molecule has 1 aromatic carbocycles. The summed E-state index contributed by atoms with van der Waals surface area (Å²) in [6.45, 7) is 4.09. The molecule has 0 fully saturated rings. The molecule has 6 N–H and O–H groups in total. The molecule has 1 rings (SSSR count). The number of benzene rings is 1. The van der Waals surface area contributed by atoms with Crippen molar-refractivity contribution in [2.75, 3.05) is 0 Å². The van der Waals surface area contributed by atoms with Crippen molar-refractivity contribution in [1.29, 1.82) is 0 Å². The molecule has 1 aromatic rings. The van der Waals surface area contributed by atoms with Crippen LogP contribution in [0.15, 0.2) is 12.1 Å². The van der Waals surface area contributed by atoms with E-state index in [9.17, 15) is 20.4 Å². The molecule has 0 saturated heterocycles. The second-order valence-electron chi connectivity index (χ2n) is 4.94. The Morgan fingerprint density at radius 2 is 1.67 bits per heavy atom. The van der Waals surface area contributed by atoms with Crippen molar-refractivity contribution < 1.29 is 20.4 Å². The predicted molar refractivity (Wildman–Crippen MR) is 68.4 cm³/mol. The number of aliphatic hydroxyl groups excluding tert-OH is 1. The Morgan fingerprint density at radius 1 is 1.06 bits per heavy atom. The molecule has 0 aromatic heterocycles. The van der Waals surface area contributed by atoms with Gasteiger partial charge in [-0.3, -0.25) is 0 Å². The quantitative estimate of drug-likeness (QED) is 0.514. The average Bonchev–Trinajstić information content (AvgIpc) is 2.32. The molecule has 5 nitrogen and oxygen atoms in total. The van der Waals surface area contributed by atoms with E-state index in [4.69, 9.17) is 5.73 Å². The third-order valence-electron chi connectivity index (χ3n) is 2.97. The van der Waals surface area contributed by atoms with Gasteiger partial charge in [0.05, 0.1) is 12.1 Å². The fourth-order valence-corrected chi connectivity index (χ4v) is 1.74. The number of rotatable bonds is 5. The van der Waals surface area contributed by atoms with Crippen LogP contribution in [0, 0.1) is 5.92 Å². The molecule has 0 aliphatic carbocycles. The van der Waals surface area contributed by atoms with E-state index in [1.807, 2.05) is 13.8 Å². The van der Waals surface area contributed by atoms with Crippen molar-refractivity contribution in [3.05, 3.63) is 17.7 Å². The van der Waals surface area contributed by atoms with Gasteiger partial charge in [-0.1, -0.05) is 13.8 Å². The summed E-state index contributed by atoms with van der Waals surface area (Å²) in [4.78, 5) is 0. The van der Waals surface area contributed by atoms with Gasteiger partial charge in [-0.2, -0.15) is 0 Å². The van der Waals surface area contributed by atoms with Gasteiger partial charge in [0.1, 0.15) is 0 Å². The summed E-state index contributed by atoms with van der Waals surface area (Å²) in [6, 6.07) is 1.84. The number of aliphatic hydroxyl groups is 1. The summed E-state index contributed by atoms with van der Waals surface area (Å²) in [6.07, 6.45) is 0.529. The zero-order valence-electron chi connectivity index (χ0n) is 10.7. The molecule has 0 aliphatic rings. The van der Waals surface area contributed by atoms with E-state index >= 15 is 0 Å². The number of phenolic OH excluding ortho intramolecular Hbond substituents is 3. The Labute approximate surface area is 107 Å². The molecule has 5 heteroatoms. The van der Waals surface area contributed by atoms with Gasteiger partial charge in [-0.05, 0) is 30.9 Å². The van der Waals surface area contributed by atoms with Gasteiger partial charge in [0, 0.05) is 5.56 Å². The highest BCUT2D eigenvalue weighted by Gasteiger charge is 2.22. The number of aromatic hydroxyl groups is 3. The molecule has 0 amide bonds. The standard InChI is InChI=1S/C13H21NO4/c1-7(2)3-5-9(15)11(14)8-4-6-10(16)13(18)12(8)17/h4,6-7,9,11,15-18H,3,5,14H2,1-2H3/t9-,11+/m1/s1. The predicted octanol–water partition coefficient (Wildman–Crippen LogP) is 1.60. The molecular formula is C13H21NO4. The van der Waals surface area contributed by atoms with Crippen LogP contribution in [0.3, 0.4) is 0 Å². The molecule has 0 bridgehead atoms. The van der Waals surface area contributed by atoms with E-state index in [1.54, 1.807) is 0 Å². The van der Waals surface area contributed by atoms with Crippen LogP contribution in [-0.4, -0.2) is 26.5 Å². The first-order chi connectivity index (χ1) is 8.34. The largest absolute Gasteiger partial charge is 0.504 e. The molecule has 0 heterocycles. The molecule has 0 unspecified atom stereocenters. The summed E-state index contributed by atoms with van der Waals surface area (Å²) >= 11 is 0.